The third-order valence-corrected chi connectivity index (χ3v) is 11.5. The predicted molar refractivity (Wildman–Crippen MR) is 311 cm³/mol. The Morgan fingerprint density at radius 3 is 1.00 bits per heavy atom. The van der Waals surface area contributed by atoms with Crippen LogP contribution in [0, 0.1) is 5.82 Å². The Hall–Kier alpha value is -10.3. The normalized spacial score (nSPS) is 10.7. The van der Waals surface area contributed by atoms with Crippen LogP contribution in [0.4, 0.5) is 4.39 Å². The predicted octanol–water partition coefficient (Wildman–Crippen LogP) is 14.1. The summed E-state index contributed by atoms with van der Waals surface area (Å²) in [5.74, 6) is -2.64. The molecule has 0 bridgehead atoms. The van der Waals surface area contributed by atoms with Gasteiger partial charge in [0.1, 0.15) is 23.0 Å². The van der Waals surface area contributed by atoms with Gasteiger partial charge in [-0.25, -0.2) is 38.0 Å². The Morgan fingerprint density at radius 1 is 0.317 bits per heavy atom. The first-order chi connectivity index (χ1) is 38.7. The van der Waals surface area contributed by atoms with E-state index in [4.69, 9.17) is 33.2 Å². The van der Waals surface area contributed by atoms with Gasteiger partial charge in [0.05, 0.1) is 0 Å². The van der Waals surface area contributed by atoms with Gasteiger partial charge >= 0.3 is 41.8 Å². The van der Waals surface area contributed by atoms with Crippen molar-refractivity contribution in [2.24, 2.45) is 0 Å². The lowest BCUT2D eigenvalue weighted by atomic mass is 9.96. The lowest BCUT2D eigenvalue weighted by Gasteiger charge is -2.16. The maximum Gasteiger partial charge on any atom is 0.338 e. The van der Waals surface area contributed by atoms with Gasteiger partial charge in [-0.3, -0.25) is 0 Å². The molecule has 0 radical (unpaired) electrons. The maximum absolute atomic E-state index is 14.1. The average Bonchev–Trinajstić information content (AvgIpc) is 3.98. The van der Waals surface area contributed by atoms with Crippen molar-refractivity contribution in [1.82, 2.24) is 0 Å². The molecule has 420 valence electrons. The first-order valence-corrected chi connectivity index (χ1v) is 25.3. The van der Waals surface area contributed by atoms with Gasteiger partial charge < -0.3 is 33.2 Å². The number of hydrogen-bond acceptors (Lipinski definition) is 14. The molecular weight excluding hydrogens is 1050 g/mol. The molecule has 6 aromatic carbocycles. The molecule has 0 fully saturated rings. The Balaban J connectivity index is 0.000000230. The van der Waals surface area contributed by atoms with E-state index in [1.807, 2.05) is 30.3 Å². The first kappa shape index (κ1) is 62.6. The number of hydrogen-bond donors (Lipinski definition) is 0. The Morgan fingerprint density at radius 2 is 0.610 bits per heavy atom. The zero-order valence-corrected chi connectivity index (χ0v) is 46.7. The summed E-state index contributed by atoms with van der Waals surface area (Å²) in [5, 5.41) is 0. The van der Waals surface area contributed by atoms with E-state index in [0.29, 0.717) is 56.4 Å². The summed E-state index contributed by atoms with van der Waals surface area (Å²) >= 11 is 0. The van der Waals surface area contributed by atoms with Crippen LogP contribution in [-0.4, -0.2) is 41.8 Å². The summed E-state index contributed by atoms with van der Waals surface area (Å²) in [6, 6.07) is 33.7. The zero-order valence-electron chi connectivity index (χ0n) is 46.7. The molecule has 15 heteroatoms. The molecule has 0 aliphatic heterocycles. The van der Waals surface area contributed by atoms with Crippen LogP contribution >= 0.6 is 0 Å². The van der Waals surface area contributed by atoms with E-state index in [-0.39, 0.29) is 34.0 Å². The smallest absolute Gasteiger partial charge is 0.338 e. The average molecular weight is 1110 g/mol. The summed E-state index contributed by atoms with van der Waals surface area (Å²) in [5.41, 5.74) is 8.85. The topological polar surface area (TPSA) is 184 Å². The fourth-order valence-corrected chi connectivity index (χ4v) is 7.12. The lowest BCUT2D eigenvalue weighted by molar-refractivity contribution is -0.132. The van der Waals surface area contributed by atoms with Crippen LogP contribution in [0.15, 0.2) is 206 Å². The molecule has 0 saturated heterocycles. The molecule has 0 amide bonds. The Bertz CT molecular complexity index is 3510. The van der Waals surface area contributed by atoms with Gasteiger partial charge in [-0.1, -0.05) is 101 Å². The summed E-state index contributed by atoms with van der Waals surface area (Å²) in [6.45, 7) is 35.7. The molecular formula is C67H61FO14. The standard InChI is InChI=1S/C27H26O6.C20H17FO4.C20H18O4/c1-15(2)25(28)31-22-13-11-19(20-8-7-9-21(20)22)18-10-12-23(32-26(29)16(3)4)24(14-18)33-27(30)17(5)6;1-12(2)19(22)24-16-8-5-14(6-9-16)15-7-10-18(17(21)11-15)25-20(23)13(3)4;1-13(2)19(21)23-17-9-5-15(6-10-17)16-7-11-18(12-8-16)24-20(22)14(3)4/h10-14H,1,3,5,7-9H2,2,4,6H3;5-11H,1,3H2,2,4H3;5-12H,1,3H2,2,4H3. The lowest BCUT2D eigenvalue weighted by Crippen LogP contribution is -2.13. The second-order valence-electron chi connectivity index (χ2n) is 19.0. The quantitative estimate of drug-likeness (QED) is 0.0477. The molecule has 82 heavy (non-hydrogen) atoms. The zero-order chi connectivity index (χ0) is 60.5. The van der Waals surface area contributed by atoms with E-state index < -0.39 is 47.6 Å². The fraction of sp³-hybridized carbons (Fsp3) is 0.149. The van der Waals surface area contributed by atoms with E-state index in [9.17, 15) is 38.0 Å². The summed E-state index contributed by atoms with van der Waals surface area (Å²) in [4.78, 5) is 82.1. The van der Waals surface area contributed by atoms with Crippen molar-refractivity contribution in [3.05, 3.63) is 223 Å². The van der Waals surface area contributed by atoms with E-state index in [2.05, 4.69) is 46.1 Å². The number of fused-ring (bicyclic) bond motifs is 1. The van der Waals surface area contributed by atoms with Gasteiger partial charge in [-0.05, 0) is 179 Å². The summed E-state index contributed by atoms with van der Waals surface area (Å²) in [6.07, 6.45) is 2.53. The number of rotatable bonds is 17. The van der Waals surface area contributed by atoms with Crippen molar-refractivity contribution < 1.29 is 71.1 Å². The second kappa shape index (κ2) is 28.6. The molecule has 0 aromatic heterocycles. The van der Waals surface area contributed by atoms with Crippen molar-refractivity contribution >= 4 is 41.8 Å². The van der Waals surface area contributed by atoms with Gasteiger partial charge in [0, 0.05) is 39.0 Å². The van der Waals surface area contributed by atoms with Gasteiger partial charge in [-0.15, -0.1) is 0 Å². The molecule has 1 aliphatic carbocycles. The highest BCUT2D eigenvalue weighted by Gasteiger charge is 2.24. The first-order valence-electron chi connectivity index (χ1n) is 25.3. The SMILES string of the molecule is C=C(C)C(=O)Oc1ccc(-c2ccc(OC(=O)C(=C)C)c(F)c2)cc1.C=C(C)C(=O)Oc1ccc(-c2ccc(OC(=O)C(=C)C)c3c2CCC3)cc1OC(=O)C(=C)C.C=C(C)C(=O)Oc1ccc(-c2ccc(OC(=O)C(=C)C)cc2)cc1. The second-order valence-corrected chi connectivity index (χ2v) is 19.0. The van der Waals surface area contributed by atoms with Crippen molar-refractivity contribution in [2.45, 2.75) is 67.7 Å². The van der Waals surface area contributed by atoms with Crippen molar-refractivity contribution in [3.63, 3.8) is 0 Å². The third kappa shape index (κ3) is 17.6. The largest absolute Gasteiger partial charge is 0.423 e. The highest BCUT2D eigenvalue weighted by Crippen LogP contribution is 2.41. The Kier molecular flexibility index (Phi) is 21.8. The van der Waals surface area contributed by atoms with E-state index in [1.54, 1.807) is 107 Å². The van der Waals surface area contributed by atoms with Crippen LogP contribution in [0.1, 0.15) is 66.0 Å². The van der Waals surface area contributed by atoms with Crippen LogP contribution < -0.4 is 33.2 Å². The summed E-state index contributed by atoms with van der Waals surface area (Å²) < 4.78 is 50.7. The molecule has 0 heterocycles. The number of carbonyl (C=O) groups excluding carboxylic acids is 7. The van der Waals surface area contributed by atoms with Crippen LogP contribution in [0.3, 0.4) is 0 Å². The fourth-order valence-electron chi connectivity index (χ4n) is 7.12. The minimum absolute atomic E-state index is 0.0969. The van der Waals surface area contributed by atoms with Gasteiger partial charge in [-0.2, -0.15) is 0 Å². The molecule has 0 atom stereocenters. The van der Waals surface area contributed by atoms with Gasteiger partial charge in [0.25, 0.3) is 0 Å². The molecule has 0 N–H and O–H groups in total. The molecule has 0 unspecified atom stereocenters. The highest BCUT2D eigenvalue weighted by atomic mass is 19.1. The molecule has 0 saturated carbocycles. The highest BCUT2D eigenvalue weighted by molar-refractivity contribution is 5.93. The number of halogens is 1. The third-order valence-electron chi connectivity index (χ3n) is 11.5. The minimum atomic E-state index is -0.685. The van der Waals surface area contributed by atoms with Gasteiger partial charge in [0.15, 0.2) is 23.1 Å². The molecule has 0 spiro atoms. The van der Waals surface area contributed by atoms with Crippen molar-refractivity contribution in [3.8, 4) is 73.6 Å². The number of ether oxygens (including phenoxy) is 7. The maximum atomic E-state index is 14.1. The van der Waals surface area contributed by atoms with E-state index in [0.717, 1.165) is 52.6 Å². The van der Waals surface area contributed by atoms with Crippen LogP contribution in [0.25, 0.3) is 33.4 Å². The molecule has 1 aliphatic rings. The minimum Gasteiger partial charge on any atom is -0.423 e. The monoisotopic (exact) mass is 1110 g/mol. The number of carbonyl (C=O) groups is 7. The van der Waals surface area contributed by atoms with Gasteiger partial charge in [0.2, 0.25) is 0 Å². The van der Waals surface area contributed by atoms with E-state index >= 15 is 0 Å². The molecule has 7 rings (SSSR count). The Labute approximate surface area is 475 Å². The van der Waals surface area contributed by atoms with E-state index in [1.165, 1.54) is 32.9 Å². The van der Waals surface area contributed by atoms with Crippen LogP contribution in [0.5, 0.6) is 40.2 Å². The van der Waals surface area contributed by atoms with Crippen molar-refractivity contribution in [1.29, 1.82) is 0 Å². The molecule has 14 nitrogen and oxygen atoms in total. The van der Waals surface area contributed by atoms with Crippen LogP contribution in [-0.2, 0) is 46.4 Å². The van der Waals surface area contributed by atoms with Crippen molar-refractivity contribution in [2.75, 3.05) is 0 Å². The number of benzene rings is 6. The summed E-state index contributed by atoms with van der Waals surface area (Å²) in [7, 11) is 0. The molecule has 6 aromatic rings. The number of esters is 7. The van der Waals surface area contributed by atoms with Crippen LogP contribution in [0.2, 0.25) is 0 Å².